The minimum Gasteiger partial charge on any atom is -0.494 e. The molecular weight excluding hydrogens is 480 g/mol. The monoisotopic (exact) mass is 520 g/mol. The van der Waals surface area contributed by atoms with Crippen LogP contribution in [0, 0.1) is 11.3 Å². The lowest BCUT2D eigenvalue weighted by Gasteiger charge is -2.45. The van der Waals surface area contributed by atoms with E-state index in [-0.39, 0.29) is 29.2 Å². The minimum atomic E-state index is -0.194. The third kappa shape index (κ3) is 6.09. The zero-order valence-electron chi connectivity index (χ0n) is 23.6. The van der Waals surface area contributed by atoms with Crippen molar-refractivity contribution in [1.29, 1.82) is 0 Å². The van der Waals surface area contributed by atoms with Gasteiger partial charge in [0.15, 0.2) is 11.5 Å². The van der Waals surface area contributed by atoms with Gasteiger partial charge in [-0.05, 0) is 45.7 Å². The number of nitrogens with zero attached hydrogens (tertiary/aromatic N) is 4. The number of amidine groups is 1. The number of ether oxygens (including phenoxy) is 1. The molecule has 1 saturated carbocycles. The highest BCUT2D eigenvalue weighted by atomic mass is 16.5. The van der Waals surface area contributed by atoms with Gasteiger partial charge in [-0.1, -0.05) is 19.9 Å². The van der Waals surface area contributed by atoms with Crippen LogP contribution in [0.15, 0.2) is 35.5 Å². The maximum atomic E-state index is 13.1. The summed E-state index contributed by atoms with van der Waals surface area (Å²) in [5.74, 6) is 1.93. The zero-order chi connectivity index (χ0) is 27.6. The first-order valence-corrected chi connectivity index (χ1v) is 13.4. The van der Waals surface area contributed by atoms with Crippen LogP contribution in [0.5, 0.6) is 5.75 Å². The quantitative estimate of drug-likeness (QED) is 0.261. The maximum Gasteiger partial charge on any atom is 0.323 e. The van der Waals surface area contributed by atoms with Gasteiger partial charge in [0.1, 0.15) is 11.7 Å². The number of methoxy groups -OCH3 is 1. The second-order valence-electron chi connectivity index (χ2n) is 11.3. The van der Waals surface area contributed by atoms with E-state index in [1.807, 2.05) is 39.1 Å². The van der Waals surface area contributed by atoms with Crippen molar-refractivity contribution in [2.75, 3.05) is 44.4 Å². The Morgan fingerprint density at radius 3 is 2.50 bits per heavy atom. The first kappa shape index (κ1) is 27.4. The van der Waals surface area contributed by atoms with E-state index in [1.54, 1.807) is 24.3 Å². The van der Waals surface area contributed by atoms with Crippen molar-refractivity contribution >= 4 is 34.8 Å². The Bertz CT molecular complexity index is 1230. The maximum absolute atomic E-state index is 13.1. The molecule has 4 rings (SSSR count). The summed E-state index contributed by atoms with van der Waals surface area (Å²) in [5.41, 5.74) is 2.77. The highest BCUT2D eigenvalue weighted by Crippen LogP contribution is 2.38. The summed E-state index contributed by atoms with van der Waals surface area (Å²) < 4.78 is 5.89. The third-order valence-electron chi connectivity index (χ3n) is 6.82. The molecule has 9 nitrogen and oxygen atoms in total. The highest BCUT2D eigenvalue weighted by molar-refractivity contribution is 6.06. The molecule has 0 atom stereocenters. The first-order chi connectivity index (χ1) is 18.0. The van der Waals surface area contributed by atoms with E-state index >= 15 is 0 Å². The molecular formula is C29H40N6O3. The molecule has 2 aliphatic rings. The number of likely N-dealkylation sites (tertiary alicyclic amines) is 1. The van der Waals surface area contributed by atoms with Crippen molar-refractivity contribution < 1.29 is 14.3 Å². The number of para-hydroxylation sites is 1. The number of pyridine rings is 1. The Balaban J connectivity index is 1.69. The predicted octanol–water partition coefficient (Wildman–Crippen LogP) is 5.41. The van der Waals surface area contributed by atoms with Gasteiger partial charge in [0.05, 0.1) is 29.6 Å². The molecule has 1 aliphatic carbocycles. The molecule has 38 heavy (non-hydrogen) atoms. The molecule has 2 aromatic rings. The zero-order valence-corrected chi connectivity index (χ0v) is 23.6. The van der Waals surface area contributed by atoms with Crippen LogP contribution >= 0.6 is 0 Å². The number of aromatic nitrogens is 1. The number of nitrogens with one attached hydrogen (secondary N) is 2. The number of rotatable bonds is 9. The number of carbonyl (C=O) groups excluding carboxylic acids is 2. The van der Waals surface area contributed by atoms with Gasteiger partial charge in [-0.25, -0.2) is 9.78 Å². The molecule has 2 N–H and O–H groups in total. The fraction of sp³-hybridized carbons (Fsp3) is 0.517. The van der Waals surface area contributed by atoms with Gasteiger partial charge in [0.25, 0.3) is 0 Å². The lowest BCUT2D eigenvalue weighted by molar-refractivity contribution is 0.0687. The standard InChI is InChI=1S/C29H40N6O3/c1-8-34(6)27(31-18(2)3)20-10-9-11-22(26(20)38-7)32-23-14-24(30-15-21(23)25(36)19-12-13-19)33-28(37)35-16-29(4,5)17-35/h9-11,14-15,18-19H,8,12-13,16-17H2,1-7H3,(H2,30,32,33,37). The summed E-state index contributed by atoms with van der Waals surface area (Å²) in [7, 11) is 3.64. The van der Waals surface area contributed by atoms with E-state index in [0.717, 1.165) is 30.8 Å². The summed E-state index contributed by atoms with van der Waals surface area (Å²) in [6.45, 7) is 12.6. The van der Waals surface area contributed by atoms with Crippen LogP contribution in [0.3, 0.4) is 0 Å². The van der Waals surface area contributed by atoms with Gasteiger partial charge in [0.2, 0.25) is 0 Å². The van der Waals surface area contributed by atoms with Crippen LogP contribution in [0.4, 0.5) is 22.0 Å². The Labute approximate surface area is 225 Å². The van der Waals surface area contributed by atoms with Crippen LogP contribution in [0.1, 0.15) is 63.4 Å². The molecule has 1 aromatic heterocycles. The highest BCUT2D eigenvalue weighted by Gasteiger charge is 2.37. The summed E-state index contributed by atoms with van der Waals surface area (Å²) in [6.07, 6.45) is 3.34. The van der Waals surface area contributed by atoms with Gasteiger partial charge < -0.3 is 19.9 Å². The number of ketones is 1. The number of urea groups is 1. The molecule has 0 spiro atoms. The van der Waals surface area contributed by atoms with Crippen LogP contribution in [0.2, 0.25) is 0 Å². The molecule has 2 amide bonds. The summed E-state index contributed by atoms with van der Waals surface area (Å²) in [6, 6.07) is 7.48. The second kappa shape index (κ2) is 11.0. The smallest absolute Gasteiger partial charge is 0.323 e. The first-order valence-electron chi connectivity index (χ1n) is 13.4. The molecule has 1 saturated heterocycles. The lowest BCUT2D eigenvalue weighted by atomic mass is 9.85. The third-order valence-corrected chi connectivity index (χ3v) is 6.82. The van der Waals surface area contributed by atoms with Crippen molar-refractivity contribution in [3.63, 3.8) is 0 Å². The van der Waals surface area contributed by atoms with E-state index in [0.29, 0.717) is 41.6 Å². The number of hydrogen-bond donors (Lipinski definition) is 2. The number of benzene rings is 1. The summed E-state index contributed by atoms with van der Waals surface area (Å²) >= 11 is 0. The fourth-order valence-electron chi connectivity index (χ4n) is 4.65. The number of amides is 2. The van der Waals surface area contributed by atoms with Gasteiger partial charge >= 0.3 is 6.03 Å². The van der Waals surface area contributed by atoms with Gasteiger partial charge in [-0.15, -0.1) is 0 Å². The minimum absolute atomic E-state index is 0.0253. The molecule has 0 radical (unpaired) electrons. The topological polar surface area (TPSA) is 99.2 Å². The molecule has 0 bridgehead atoms. The van der Waals surface area contributed by atoms with Crippen molar-refractivity contribution in [2.24, 2.45) is 16.3 Å². The van der Waals surface area contributed by atoms with Gasteiger partial charge in [-0.3, -0.25) is 15.1 Å². The van der Waals surface area contributed by atoms with E-state index < -0.39 is 0 Å². The van der Waals surface area contributed by atoms with Crippen molar-refractivity contribution in [1.82, 2.24) is 14.8 Å². The van der Waals surface area contributed by atoms with Crippen LogP contribution < -0.4 is 15.4 Å². The van der Waals surface area contributed by atoms with Gasteiger partial charge in [0, 0.05) is 56.3 Å². The normalized spacial score (nSPS) is 16.6. The Morgan fingerprint density at radius 2 is 1.92 bits per heavy atom. The average Bonchev–Trinajstić information content (AvgIpc) is 3.70. The lowest BCUT2D eigenvalue weighted by Crippen LogP contribution is -2.56. The average molecular weight is 521 g/mol. The van der Waals surface area contributed by atoms with Gasteiger partial charge in [-0.2, -0.15) is 0 Å². The van der Waals surface area contributed by atoms with Crippen molar-refractivity contribution in [2.45, 2.75) is 53.5 Å². The second-order valence-corrected chi connectivity index (χ2v) is 11.3. The summed E-state index contributed by atoms with van der Waals surface area (Å²) in [4.78, 5) is 39.0. The SMILES string of the molecule is CCN(C)C(=NC(C)C)c1cccc(Nc2cc(NC(=O)N3CC(C)(C)C3)ncc2C(=O)C2CC2)c1OC. The van der Waals surface area contributed by atoms with E-state index in [4.69, 9.17) is 9.73 Å². The van der Waals surface area contributed by atoms with E-state index in [1.165, 1.54) is 0 Å². The molecule has 2 heterocycles. The Kier molecular flexibility index (Phi) is 7.94. The number of hydrogen-bond acceptors (Lipinski definition) is 6. The Morgan fingerprint density at radius 1 is 1.21 bits per heavy atom. The van der Waals surface area contributed by atoms with Crippen LogP contribution in [-0.2, 0) is 0 Å². The molecule has 0 unspecified atom stereocenters. The molecule has 1 aromatic carbocycles. The molecule has 1 aliphatic heterocycles. The van der Waals surface area contributed by atoms with E-state index in [9.17, 15) is 9.59 Å². The van der Waals surface area contributed by atoms with Crippen LogP contribution in [-0.4, -0.2) is 72.3 Å². The number of anilines is 3. The van der Waals surface area contributed by atoms with Crippen molar-refractivity contribution in [3.8, 4) is 5.75 Å². The largest absolute Gasteiger partial charge is 0.494 e. The predicted molar refractivity (Wildman–Crippen MR) is 152 cm³/mol. The molecule has 2 fully saturated rings. The number of aliphatic imine (C=N–C) groups is 1. The summed E-state index contributed by atoms with van der Waals surface area (Å²) in [5, 5.41) is 6.31. The number of carbonyl (C=O) groups is 2. The fourth-order valence-corrected chi connectivity index (χ4v) is 4.65. The number of Topliss-reactive ketones (excluding diaryl/α,β-unsaturated/α-hetero) is 1. The Hall–Kier alpha value is -3.62. The van der Waals surface area contributed by atoms with Crippen LogP contribution in [0.25, 0.3) is 0 Å². The van der Waals surface area contributed by atoms with Crippen molar-refractivity contribution in [3.05, 3.63) is 41.6 Å². The molecule has 204 valence electrons. The molecule has 9 heteroatoms. The van der Waals surface area contributed by atoms with E-state index in [2.05, 4.69) is 41.3 Å².